The molecule has 1 aromatic carbocycles. The van der Waals surface area contributed by atoms with Gasteiger partial charge in [0.1, 0.15) is 5.75 Å². The van der Waals surface area contributed by atoms with E-state index >= 15 is 0 Å². The number of Topliss-reactive ketones (excluding diaryl/α,β-unsaturated/α-hetero) is 1. The third-order valence-corrected chi connectivity index (χ3v) is 5.27. The van der Waals surface area contributed by atoms with Crippen molar-refractivity contribution in [2.45, 2.75) is 4.21 Å². The minimum atomic E-state index is 0.158. The summed E-state index contributed by atoms with van der Waals surface area (Å²) in [6.45, 7) is 0. The number of carbonyl (C=O) groups is 1. The van der Waals surface area contributed by atoms with Crippen LogP contribution in [-0.4, -0.2) is 18.6 Å². The van der Waals surface area contributed by atoms with Gasteiger partial charge in [-0.1, -0.05) is 12.1 Å². The van der Waals surface area contributed by atoms with Gasteiger partial charge in [-0.05, 0) is 35.2 Å². The maximum Gasteiger partial charge on any atom is 0.191 e. The number of thioether (sulfide) groups is 1. The Balaban J connectivity index is 1.90. The van der Waals surface area contributed by atoms with E-state index in [9.17, 15) is 4.79 Å². The van der Waals surface area contributed by atoms with Gasteiger partial charge in [-0.3, -0.25) is 4.79 Å². The van der Waals surface area contributed by atoms with E-state index in [2.05, 4.69) is 0 Å². The number of carbonyl (C=O) groups excluding carboxylic acids is 1. The maximum absolute atomic E-state index is 12.3. The van der Waals surface area contributed by atoms with Crippen LogP contribution in [0.4, 0.5) is 0 Å². The molecular formula is C15H12O2S2. The highest BCUT2D eigenvalue weighted by atomic mass is 32.2. The summed E-state index contributed by atoms with van der Waals surface area (Å²) in [6.07, 6.45) is 1.97. The first-order valence-electron chi connectivity index (χ1n) is 5.87. The van der Waals surface area contributed by atoms with Gasteiger partial charge in [-0.15, -0.1) is 23.1 Å². The first-order chi connectivity index (χ1) is 9.28. The highest BCUT2D eigenvalue weighted by Gasteiger charge is 2.23. The van der Waals surface area contributed by atoms with Crippen molar-refractivity contribution in [2.75, 3.05) is 12.9 Å². The van der Waals surface area contributed by atoms with Crippen molar-refractivity contribution in [3.8, 4) is 5.75 Å². The van der Waals surface area contributed by atoms with E-state index in [1.807, 2.05) is 41.8 Å². The lowest BCUT2D eigenvalue weighted by molar-refractivity contribution is 0.103. The van der Waals surface area contributed by atoms with Gasteiger partial charge >= 0.3 is 0 Å². The predicted molar refractivity (Wildman–Crippen MR) is 80.3 cm³/mol. The molecule has 0 unspecified atom stereocenters. The molecule has 0 amide bonds. The van der Waals surface area contributed by atoms with E-state index in [1.165, 1.54) is 0 Å². The SMILES string of the molecule is COc1ccc(/C=C2\CSc3sccc3C2=O)cc1. The second-order valence-electron chi connectivity index (χ2n) is 4.18. The van der Waals surface area contributed by atoms with Gasteiger partial charge < -0.3 is 4.74 Å². The molecule has 1 aliphatic heterocycles. The zero-order chi connectivity index (χ0) is 13.2. The summed E-state index contributed by atoms with van der Waals surface area (Å²) in [5.74, 6) is 1.73. The quantitative estimate of drug-likeness (QED) is 0.777. The van der Waals surface area contributed by atoms with E-state index in [1.54, 1.807) is 30.2 Å². The molecule has 0 atom stereocenters. The fraction of sp³-hybridized carbons (Fsp3) is 0.133. The number of methoxy groups -OCH3 is 1. The van der Waals surface area contributed by atoms with Crippen LogP contribution in [0.2, 0.25) is 0 Å². The van der Waals surface area contributed by atoms with Crippen LogP contribution in [0, 0.1) is 0 Å². The van der Waals surface area contributed by atoms with Gasteiger partial charge in [0.15, 0.2) is 5.78 Å². The Morgan fingerprint density at radius 1 is 1.21 bits per heavy atom. The zero-order valence-electron chi connectivity index (χ0n) is 10.4. The zero-order valence-corrected chi connectivity index (χ0v) is 12.0. The molecule has 0 radical (unpaired) electrons. The lowest BCUT2D eigenvalue weighted by Gasteiger charge is -2.13. The lowest BCUT2D eigenvalue weighted by atomic mass is 10.0. The van der Waals surface area contributed by atoms with Crippen molar-refractivity contribution in [1.82, 2.24) is 0 Å². The van der Waals surface area contributed by atoms with Crippen molar-refractivity contribution < 1.29 is 9.53 Å². The number of hydrogen-bond acceptors (Lipinski definition) is 4. The van der Waals surface area contributed by atoms with Gasteiger partial charge in [0.2, 0.25) is 0 Å². The van der Waals surface area contributed by atoms with Crippen molar-refractivity contribution in [3.05, 3.63) is 52.4 Å². The summed E-state index contributed by atoms with van der Waals surface area (Å²) < 4.78 is 6.26. The highest BCUT2D eigenvalue weighted by molar-refractivity contribution is 8.01. The molecule has 0 fully saturated rings. The molecule has 0 aliphatic carbocycles. The Morgan fingerprint density at radius 3 is 2.74 bits per heavy atom. The van der Waals surface area contributed by atoms with Gasteiger partial charge in [0.25, 0.3) is 0 Å². The second kappa shape index (κ2) is 5.23. The van der Waals surface area contributed by atoms with Gasteiger partial charge in [0, 0.05) is 16.9 Å². The van der Waals surface area contributed by atoms with E-state index in [0.29, 0.717) is 0 Å². The average Bonchev–Trinajstić information content (AvgIpc) is 2.92. The number of ketones is 1. The maximum atomic E-state index is 12.3. The molecule has 0 saturated carbocycles. The Hall–Kier alpha value is -1.52. The molecule has 0 spiro atoms. The molecular weight excluding hydrogens is 276 g/mol. The van der Waals surface area contributed by atoms with Crippen LogP contribution < -0.4 is 4.74 Å². The molecule has 1 aromatic heterocycles. The summed E-state index contributed by atoms with van der Waals surface area (Å²) >= 11 is 3.38. The minimum absolute atomic E-state index is 0.158. The summed E-state index contributed by atoms with van der Waals surface area (Å²) in [7, 11) is 1.65. The fourth-order valence-electron chi connectivity index (χ4n) is 1.97. The van der Waals surface area contributed by atoms with Gasteiger partial charge in [-0.25, -0.2) is 0 Å². The first kappa shape index (κ1) is 12.5. The summed E-state index contributed by atoms with van der Waals surface area (Å²) in [6, 6.07) is 9.65. The summed E-state index contributed by atoms with van der Waals surface area (Å²) in [5, 5.41) is 1.98. The number of rotatable bonds is 2. The number of ether oxygens (including phenoxy) is 1. The standard InChI is InChI=1S/C15H12O2S2/c1-17-12-4-2-10(3-5-12)8-11-9-19-15-13(14(11)16)6-7-18-15/h2-8H,9H2,1H3/b11-8+. The Morgan fingerprint density at radius 2 is 2.00 bits per heavy atom. The van der Waals surface area contributed by atoms with Crippen LogP contribution in [0.3, 0.4) is 0 Å². The second-order valence-corrected chi connectivity index (χ2v) is 6.34. The molecule has 1 aliphatic rings. The van der Waals surface area contributed by atoms with Gasteiger partial charge in [-0.2, -0.15) is 0 Å². The number of benzene rings is 1. The fourth-order valence-corrected chi connectivity index (χ4v) is 4.01. The number of thiophene rings is 1. The van der Waals surface area contributed by atoms with Crippen LogP contribution in [0.1, 0.15) is 15.9 Å². The molecule has 2 aromatic rings. The topological polar surface area (TPSA) is 26.3 Å². The van der Waals surface area contributed by atoms with Crippen molar-refractivity contribution >= 4 is 35.0 Å². The average molecular weight is 288 g/mol. The largest absolute Gasteiger partial charge is 0.497 e. The van der Waals surface area contributed by atoms with Crippen LogP contribution in [-0.2, 0) is 0 Å². The number of fused-ring (bicyclic) bond motifs is 1. The third kappa shape index (κ3) is 2.46. The summed E-state index contributed by atoms with van der Waals surface area (Å²) in [5.41, 5.74) is 2.74. The van der Waals surface area contributed by atoms with E-state index in [0.717, 1.165) is 32.4 Å². The van der Waals surface area contributed by atoms with Crippen LogP contribution >= 0.6 is 23.1 Å². The van der Waals surface area contributed by atoms with Crippen LogP contribution in [0.5, 0.6) is 5.75 Å². The van der Waals surface area contributed by atoms with E-state index < -0.39 is 0 Å². The van der Waals surface area contributed by atoms with Crippen LogP contribution in [0.25, 0.3) is 6.08 Å². The van der Waals surface area contributed by atoms with Crippen molar-refractivity contribution in [2.24, 2.45) is 0 Å². The smallest absolute Gasteiger partial charge is 0.191 e. The van der Waals surface area contributed by atoms with Crippen molar-refractivity contribution in [1.29, 1.82) is 0 Å². The molecule has 2 heterocycles. The van der Waals surface area contributed by atoms with Crippen LogP contribution in [0.15, 0.2) is 45.5 Å². The molecule has 0 bridgehead atoms. The molecule has 0 N–H and O–H groups in total. The highest BCUT2D eigenvalue weighted by Crippen LogP contribution is 2.37. The predicted octanol–water partition coefficient (Wildman–Crippen LogP) is 4.13. The third-order valence-electron chi connectivity index (χ3n) is 2.98. The Kier molecular flexibility index (Phi) is 3.44. The normalized spacial score (nSPS) is 16.5. The monoisotopic (exact) mass is 288 g/mol. The molecule has 3 rings (SSSR count). The van der Waals surface area contributed by atoms with Gasteiger partial charge in [0.05, 0.1) is 11.3 Å². The van der Waals surface area contributed by atoms with E-state index in [-0.39, 0.29) is 5.78 Å². The first-order valence-corrected chi connectivity index (χ1v) is 7.74. The Bertz CT molecular complexity index is 638. The lowest BCUT2D eigenvalue weighted by Crippen LogP contribution is -2.10. The Labute approximate surface area is 120 Å². The minimum Gasteiger partial charge on any atom is -0.497 e. The number of hydrogen-bond donors (Lipinski definition) is 0. The molecule has 19 heavy (non-hydrogen) atoms. The van der Waals surface area contributed by atoms with Crippen molar-refractivity contribution in [3.63, 3.8) is 0 Å². The molecule has 2 nitrogen and oxygen atoms in total. The summed E-state index contributed by atoms with van der Waals surface area (Å²) in [4.78, 5) is 12.3. The van der Waals surface area contributed by atoms with E-state index in [4.69, 9.17) is 4.74 Å². The molecule has 0 saturated heterocycles. The molecule has 96 valence electrons. The molecule has 4 heteroatoms.